The molecular weight excluding hydrogens is 180 g/mol. The van der Waals surface area contributed by atoms with E-state index in [2.05, 4.69) is 40.9 Å². The van der Waals surface area contributed by atoms with Crippen molar-refractivity contribution < 1.29 is 0 Å². The van der Waals surface area contributed by atoms with Crippen molar-refractivity contribution in [1.82, 2.24) is 0 Å². The molecule has 0 N–H and O–H groups in total. The number of allylic oxidation sites excluding steroid dienone is 2. The van der Waals surface area contributed by atoms with Crippen molar-refractivity contribution in [3.63, 3.8) is 0 Å². The quantitative estimate of drug-likeness (QED) is 0.476. The minimum absolute atomic E-state index is 1.15. The Morgan fingerprint density at radius 3 is 0.933 bits per heavy atom. The zero-order chi connectivity index (χ0) is 12.9. The van der Waals surface area contributed by atoms with Gasteiger partial charge < -0.3 is 0 Å². The fourth-order valence-corrected chi connectivity index (χ4v) is 0.408. The monoisotopic (exact) mass is 214 g/mol. The smallest absolute Gasteiger partial charge is 0.0356 e. The van der Waals surface area contributed by atoms with Crippen LogP contribution < -0.4 is 0 Å². The van der Waals surface area contributed by atoms with E-state index in [1.165, 1.54) is 19.3 Å². The highest BCUT2D eigenvalue weighted by Gasteiger charge is 1.62. The van der Waals surface area contributed by atoms with Crippen LogP contribution in [-0.4, -0.2) is 0 Å². The number of rotatable bonds is 4. The van der Waals surface area contributed by atoms with Gasteiger partial charge in [-0.2, -0.15) is 0 Å². The van der Waals surface area contributed by atoms with E-state index in [0.717, 1.165) is 12.8 Å². The summed E-state index contributed by atoms with van der Waals surface area (Å²) in [5.74, 6) is 0. The first-order valence-electron chi connectivity index (χ1n) is 6.46. The van der Waals surface area contributed by atoms with Crippen molar-refractivity contribution in [2.45, 2.75) is 73.6 Å². The summed E-state index contributed by atoms with van der Waals surface area (Å²) in [6, 6.07) is 0. The van der Waals surface area contributed by atoms with Crippen LogP contribution in [0.25, 0.3) is 0 Å². The lowest BCUT2D eigenvalue weighted by atomic mass is 10.3. The predicted molar refractivity (Wildman–Crippen MR) is 77.5 cm³/mol. The zero-order valence-corrected chi connectivity index (χ0v) is 12.1. The van der Waals surface area contributed by atoms with Gasteiger partial charge in [-0.15, -0.1) is 13.2 Å². The van der Waals surface area contributed by atoms with Crippen molar-refractivity contribution in [1.29, 1.82) is 0 Å². The van der Waals surface area contributed by atoms with Gasteiger partial charge in [0.1, 0.15) is 0 Å². The van der Waals surface area contributed by atoms with Crippen LogP contribution in [0.4, 0.5) is 0 Å². The first-order valence-corrected chi connectivity index (χ1v) is 6.46. The molecule has 0 heterocycles. The highest BCUT2D eigenvalue weighted by Crippen LogP contribution is 1.82. The fraction of sp³-hybridized carbons (Fsp3) is 0.733. The molecule has 0 fully saturated rings. The van der Waals surface area contributed by atoms with Gasteiger partial charge in [0.2, 0.25) is 0 Å². The van der Waals surface area contributed by atoms with Crippen LogP contribution in [0.5, 0.6) is 0 Å². The van der Waals surface area contributed by atoms with Gasteiger partial charge in [0.25, 0.3) is 0 Å². The zero-order valence-electron chi connectivity index (χ0n) is 12.1. The van der Waals surface area contributed by atoms with Gasteiger partial charge in [-0.25, -0.2) is 0 Å². The van der Waals surface area contributed by atoms with E-state index in [0.29, 0.717) is 0 Å². The van der Waals surface area contributed by atoms with Crippen LogP contribution in [0.2, 0.25) is 0 Å². The highest BCUT2D eigenvalue weighted by atomic mass is 13.7. The van der Waals surface area contributed by atoms with Crippen molar-refractivity contribution in [2.75, 3.05) is 0 Å². The normalized spacial score (nSPS) is 6.53. The average molecular weight is 214 g/mol. The second-order valence-electron chi connectivity index (χ2n) is 2.86. The topological polar surface area (TPSA) is 0 Å². The molecule has 0 saturated heterocycles. The molecule has 0 aromatic carbocycles. The third-order valence-electron chi connectivity index (χ3n) is 0.986. The molecular formula is C15H34. The lowest BCUT2D eigenvalue weighted by Crippen LogP contribution is -1.52. The second-order valence-corrected chi connectivity index (χ2v) is 2.86. The molecule has 0 unspecified atom stereocenters. The molecule has 0 aromatic heterocycles. The maximum Gasteiger partial charge on any atom is -0.0356 e. The first-order chi connectivity index (χ1) is 7.24. The largest absolute Gasteiger partial charge is 0.103 e. The van der Waals surface area contributed by atoms with Gasteiger partial charge >= 0.3 is 0 Å². The minimum Gasteiger partial charge on any atom is -0.103 e. The maximum absolute atomic E-state index is 3.55. The lowest BCUT2D eigenvalue weighted by Gasteiger charge is -1.72. The predicted octanol–water partition coefficient (Wildman–Crippen LogP) is 6.39. The molecule has 0 radical (unpaired) electrons. The van der Waals surface area contributed by atoms with Crippen LogP contribution in [0.15, 0.2) is 25.3 Å². The number of hydrogen-bond acceptors (Lipinski definition) is 0. The van der Waals surface area contributed by atoms with E-state index in [1.807, 2.05) is 26.0 Å². The van der Waals surface area contributed by atoms with E-state index in [9.17, 15) is 0 Å². The molecule has 0 saturated carbocycles. The second kappa shape index (κ2) is 50.0. The molecule has 0 aliphatic rings. The molecule has 0 bridgehead atoms. The molecule has 0 nitrogen and oxygen atoms in total. The van der Waals surface area contributed by atoms with E-state index in [1.54, 1.807) is 0 Å². The molecule has 0 aliphatic heterocycles. The summed E-state index contributed by atoms with van der Waals surface area (Å²) < 4.78 is 0. The Balaban J connectivity index is -0.0000000574. The molecule has 0 atom stereocenters. The van der Waals surface area contributed by atoms with Gasteiger partial charge in [-0.05, 0) is 12.8 Å². The van der Waals surface area contributed by atoms with E-state index in [-0.39, 0.29) is 0 Å². The third-order valence-corrected chi connectivity index (χ3v) is 0.986. The van der Waals surface area contributed by atoms with E-state index in [4.69, 9.17) is 0 Å². The van der Waals surface area contributed by atoms with E-state index < -0.39 is 0 Å². The minimum atomic E-state index is 1.15. The summed E-state index contributed by atoms with van der Waals surface area (Å²) in [5, 5.41) is 0. The van der Waals surface area contributed by atoms with Crippen molar-refractivity contribution in [3.05, 3.63) is 25.3 Å². The van der Waals surface area contributed by atoms with Gasteiger partial charge in [0.15, 0.2) is 0 Å². The van der Waals surface area contributed by atoms with Crippen LogP contribution >= 0.6 is 0 Å². The molecule has 0 amide bonds. The van der Waals surface area contributed by atoms with Crippen LogP contribution in [0.3, 0.4) is 0 Å². The Morgan fingerprint density at radius 1 is 0.733 bits per heavy atom. The molecule has 0 rings (SSSR count). The van der Waals surface area contributed by atoms with Gasteiger partial charge in [0.05, 0.1) is 0 Å². The van der Waals surface area contributed by atoms with Gasteiger partial charge in [0, 0.05) is 0 Å². The molecule has 94 valence electrons. The Hall–Kier alpha value is -0.520. The van der Waals surface area contributed by atoms with Crippen molar-refractivity contribution in [3.8, 4) is 0 Å². The van der Waals surface area contributed by atoms with Crippen molar-refractivity contribution >= 4 is 0 Å². The van der Waals surface area contributed by atoms with Gasteiger partial charge in [-0.3, -0.25) is 0 Å². The molecule has 0 heteroatoms. The molecule has 0 aromatic rings. The summed E-state index contributed by atoms with van der Waals surface area (Å²) in [4.78, 5) is 0. The molecule has 0 aliphatic carbocycles. The Morgan fingerprint density at radius 2 is 0.933 bits per heavy atom. The van der Waals surface area contributed by atoms with Crippen LogP contribution in [-0.2, 0) is 0 Å². The fourth-order valence-electron chi connectivity index (χ4n) is 0.408. The highest BCUT2D eigenvalue weighted by molar-refractivity contribution is 4.63. The number of unbranched alkanes of at least 4 members (excludes halogenated alkanes) is 2. The third kappa shape index (κ3) is 147. The first kappa shape index (κ1) is 24.0. The Bertz CT molecular complexity index is 62.1. The van der Waals surface area contributed by atoms with Crippen molar-refractivity contribution in [2.24, 2.45) is 0 Å². The van der Waals surface area contributed by atoms with Crippen LogP contribution in [0, 0.1) is 0 Å². The average Bonchev–Trinajstić information content (AvgIpc) is 2.25. The Labute approximate surface area is 99.5 Å². The van der Waals surface area contributed by atoms with Gasteiger partial charge in [-0.1, -0.05) is 73.0 Å². The lowest BCUT2D eigenvalue weighted by molar-refractivity contribution is 0.961. The Kier molecular flexibility index (Phi) is 79.9. The maximum atomic E-state index is 3.55. The summed E-state index contributed by atoms with van der Waals surface area (Å²) >= 11 is 0. The summed E-state index contributed by atoms with van der Waals surface area (Å²) in [6.07, 6.45) is 9.87. The summed E-state index contributed by atoms with van der Waals surface area (Å²) in [7, 11) is 0. The SMILES string of the molecule is C=CCCC.C=CCCC.CC.CCC. The number of hydrogen-bond donors (Lipinski definition) is 0. The standard InChI is InChI=1S/2C5H10.C3H8.C2H6/c2*1-3-5-4-2;1-3-2;1-2/h2*3H,1,4-5H2,2H3;3H2,1-2H3;1-2H3. The summed E-state index contributed by atoms with van der Waals surface area (Å²) in [6.45, 7) is 19.6. The van der Waals surface area contributed by atoms with Crippen LogP contribution in [0.1, 0.15) is 73.6 Å². The molecule has 0 spiro atoms. The summed E-state index contributed by atoms with van der Waals surface area (Å²) in [5.41, 5.74) is 0. The molecule has 15 heavy (non-hydrogen) atoms. The van der Waals surface area contributed by atoms with E-state index >= 15 is 0 Å².